The lowest BCUT2D eigenvalue weighted by molar-refractivity contribution is -0.126. The normalized spacial score (nSPS) is 16.7. The van der Waals surface area contributed by atoms with Gasteiger partial charge in [-0.05, 0) is 48.7 Å². The minimum Gasteiger partial charge on any atom is -0.325 e. The number of amides is 1. The van der Waals surface area contributed by atoms with Gasteiger partial charge in [0, 0.05) is 10.3 Å². The van der Waals surface area contributed by atoms with Crippen LogP contribution in [0.3, 0.4) is 0 Å². The molecule has 0 heterocycles. The number of nitrogens with two attached hydrogens (primary N) is 1. The van der Waals surface area contributed by atoms with Gasteiger partial charge in [-0.3, -0.25) is 9.59 Å². The molecule has 0 spiro atoms. The van der Waals surface area contributed by atoms with Crippen molar-refractivity contribution in [2.75, 3.05) is 5.32 Å². The van der Waals surface area contributed by atoms with E-state index in [9.17, 15) is 9.59 Å². The summed E-state index contributed by atoms with van der Waals surface area (Å²) in [7, 11) is 0. The molecule has 3 N–H and O–H groups in total. The lowest BCUT2D eigenvalue weighted by Gasteiger charge is -2.32. The fourth-order valence-electron chi connectivity index (χ4n) is 3.68. The van der Waals surface area contributed by atoms with Crippen LogP contribution in [0, 0.1) is 5.41 Å². The Hall–Kier alpha value is -1.53. The van der Waals surface area contributed by atoms with Crippen molar-refractivity contribution in [3.05, 3.63) is 58.1 Å². The van der Waals surface area contributed by atoms with E-state index in [0.717, 1.165) is 49.4 Å². The number of hydrogen-bond acceptors (Lipinski definition) is 4. The highest BCUT2D eigenvalue weighted by Gasteiger charge is 2.35. The Labute approximate surface area is 191 Å². The molecular weight excluding hydrogens is 439 g/mol. The minimum absolute atomic E-state index is 0.0523. The highest BCUT2D eigenvalue weighted by molar-refractivity contribution is 8.14. The van der Waals surface area contributed by atoms with Crippen LogP contribution in [0.2, 0.25) is 10.0 Å². The first-order valence-electron chi connectivity index (χ1n) is 10.1. The molecule has 0 saturated heterocycles. The third-order valence-electron chi connectivity index (χ3n) is 5.59. The van der Waals surface area contributed by atoms with E-state index in [1.807, 2.05) is 37.3 Å². The summed E-state index contributed by atoms with van der Waals surface area (Å²) in [6.45, 7) is 1.99. The molecule has 0 radical (unpaired) electrons. The molecule has 2 aromatic carbocycles. The summed E-state index contributed by atoms with van der Waals surface area (Å²) in [4.78, 5) is 26.3. The van der Waals surface area contributed by atoms with Crippen molar-refractivity contribution in [3.8, 4) is 0 Å². The molecule has 1 atom stereocenters. The van der Waals surface area contributed by atoms with Gasteiger partial charge in [-0.2, -0.15) is 0 Å². The minimum atomic E-state index is -0.675. The lowest BCUT2D eigenvalue weighted by Crippen LogP contribution is -2.35. The van der Waals surface area contributed by atoms with Crippen molar-refractivity contribution in [2.45, 2.75) is 56.4 Å². The maximum absolute atomic E-state index is 13.0. The maximum atomic E-state index is 13.0. The summed E-state index contributed by atoms with van der Waals surface area (Å²) in [5.74, 6) is -0.0523. The first kappa shape index (κ1) is 23.1. The number of thioether (sulfide) groups is 1. The largest absolute Gasteiger partial charge is 0.325 e. The molecule has 0 aliphatic heterocycles. The molecule has 1 saturated carbocycles. The van der Waals surface area contributed by atoms with Crippen molar-refractivity contribution in [1.82, 2.24) is 0 Å². The molecule has 3 rings (SSSR count). The third kappa shape index (κ3) is 5.79. The van der Waals surface area contributed by atoms with Gasteiger partial charge in [-0.1, -0.05) is 79.7 Å². The van der Waals surface area contributed by atoms with E-state index in [2.05, 4.69) is 5.32 Å². The van der Waals surface area contributed by atoms with E-state index in [1.165, 1.54) is 0 Å². The van der Waals surface area contributed by atoms with Gasteiger partial charge in [0.05, 0.1) is 21.8 Å². The van der Waals surface area contributed by atoms with Gasteiger partial charge in [0.1, 0.15) is 0 Å². The van der Waals surface area contributed by atoms with E-state index in [-0.39, 0.29) is 11.0 Å². The van der Waals surface area contributed by atoms with E-state index in [1.54, 1.807) is 12.1 Å². The molecule has 0 unspecified atom stereocenters. The van der Waals surface area contributed by atoms with E-state index >= 15 is 0 Å². The van der Waals surface area contributed by atoms with Gasteiger partial charge in [-0.15, -0.1) is 0 Å². The molecule has 7 heteroatoms. The summed E-state index contributed by atoms with van der Waals surface area (Å²) < 4.78 is 0. The fourth-order valence-corrected chi connectivity index (χ4v) is 4.92. The molecule has 1 aliphatic rings. The van der Waals surface area contributed by atoms with Gasteiger partial charge in [-0.25, -0.2) is 0 Å². The average molecular weight is 465 g/mol. The first-order valence-corrected chi connectivity index (χ1v) is 11.7. The van der Waals surface area contributed by atoms with Gasteiger partial charge in [0.15, 0.2) is 0 Å². The molecule has 0 aromatic heterocycles. The molecular formula is C23H26Cl2N2O2S. The van der Waals surface area contributed by atoms with Crippen LogP contribution in [-0.4, -0.2) is 17.1 Å². The maximum Gasteiger partial charge on any atom is 0.230 e. The Bertz CT molecular complexity index is 915. The summed E-state index contributed by atoms with van der Waals surface area (Å²) in [5.41, 5.74) is 7.21. The summed E-state index contributed by atoms with van der Waals surface area (Å²) in [5, 5.41) is 3.44. The highest BCUT2D eigenvalue weighted by atomic mass is 35.5. The lowest BCUT2D eigenvalue weighted by atomic mass is 9.75. The second-order valence-electron chi connectivity index (χ2n) is 8.06. The fraction of sp³-hybridized carbons (Fsp3) is 0.391. The quantitative estimate of drug-likeness (QED) is 0.507. The van der Waals surface area contributed by atoms with E-state index in [4.69, 9.17) is 28.9 Å². The van der Waals surface area contributed by atoms with Crippen LogP contribution < -0.4 is 11.1 Å². The van der Waals surface area contributed by atoms with Crippen LogP contribution in [-0.2, 0) is 16.0 Å². The Morgan fingerprint density at radius 1 is 1.10 bits per heavy atom. The van der Waals surface area contributed by atoms with Crippen molar-refractivity contribution in [2.24, 2.45) is 11.1 Å². The van der Waals surface area contributed by atoms with E-state index in [0.29, 0.717) is 27.0 Å². The number of carbonyl (C=O) groups is 2. The number of benzene rings is 2. The number of hydrogen-bond donors (Lipinski definition) is 2. The number of rotatable bonds is 6. The predicted octanol–water partition coefficient (Wildman–Crippen LogP) is 6.09. The summed E-state index contributed by atoms with van der Waals surface area (Å²) >= 11 is 13.4. The predicted molar refractivity (Wildman–Crippen MR) is 125 cm³/mol. The van der Waals surface area contributed by atoms with Crippen LogP contribution in [0.25, 0.3) is 0 Å². The van der Waals surface area contributed by atoms with Gasteiger partial charge in [0.2, 0.25) is 11.0 Å². The molecule has 4 nitrogen and oxygen atoms in total. The van der Waals surface area contributed by atoms with Crippen LogP contribution >= 0.6 is 35.0 Å². The summed E-state index contributed by atoms with van der Waals surface area (Å²) in [6, 6.07) is 12.2. The second-order valence-corrected chi connectivity index (χ2v) is 9.92. The number of nitrogens with one attached hydrogen (secondary N) is 1. The van der Waals surface area contributed by atoms with Gasteiger partial charge >= 0.3 is 0 Å². The van der Waals surface area contributed by atoms with Crippen LogP contribution in [0.1, 0.15) is 44.6 Å². The van der Waals surface area contributed by atoms with Gasteiger partial charge in [0.25, 0.3) is 0 Å². The molecule has 160 valence electrons. The Morgan fingerprint density at radius 3 is 2.40 bits per heavy atom. The molecule has 30 heavy (non-hydrogen) atoms. The Kier molecular flexibility index (Phi) is 7.86. The molecule has 1 fully saturated rings. The number of carbonyl (C=O) groups excluding carboxylic acids is 2. The summed E-state index contributed by atoms with van der Waals surface area (Å²) in [6.07, 6.45) is 5.38. The second kappa shape index (κ2) is 10.2. The van der Waals surface area contributed by atoms with Crippen LogP contribution in [0.15, 0.2) is 47.4 Å². The van der Waals surface area contributed by atoms with Crippen molar-refractivity contribution < 1.29 is 9.59 Å². The van der Waals surface area contributed by atoms with Crippen molar-refractivity contribution in [1.29, 1.82) is 0 Å². The average Bonchev–Trinajstić information content (AvgIpc) is 2.72. The third-order valence-corrected chi connectivity index (χ3v) is 7.37. The van der Waals surface area contributed by atoms with Crippen molar-refractivity contribution in [3.63, 3.8) is 0 Å². The molecule has 0 bridgehead atoms. The number of halogens is 2. The number of anilines is 1. The monoisotopic (exact) mass is 464 g/mol. The van der Waals surface area contributed by atoms with E-state index < -0.39 is 11.5 Å². The highest BCUT2D eigenvalue weighted by Crippen LogP contribution is 2.40. The van der Waals surface area contributed by atoms with Crippen molar-refractivity contribution >= 4 is 51.7 Å². The topological polar surface area (TPSA) is 72.2 Å². The standard InChI is InChI=1S/C23H26Cl2N2O2S/c1-23(10-6-3-7-11-23)22(29)27-19-13-16(24)17(25)14-20(19)30-21(28)18(26)12-15-8-4-2-5-9-15/h2,4-5,8-9,13-14,18H,3,6-7,10-12,26H2,1H3,(H,27,29)/t18-/m0/s1. The zero-order chi connectivity index (χ0) is 21.7. The molecule has 2 aromatic rings. The zero-order valence-electron chi connectivity index (χ0n) is 16.9. The van der Waals surface area contributed by atoms with Gasteiger partial charge < -0.3 is 11.1 Å². The van der Waals surface area contributed by atoms with Crippen LogP contribution in [0.5, 0.6) is 0 Å². The zero-order valence-corrected chi connectivity index (χ0v) is 19.2. The molecule has 1 amide bonds. The Balaban J connectivity index is 1.76. The Morgan fingerprint density at radius 2 is 1.73 bits per heavy atom. The van der Waals surface area contributed by atoms with Crippen LogP contribution in [0.4, 0.5) is 5.69 Å². The SMILES string of the molecule is CC1(C(=O)Nc2cc(Cl)c(Cl)cc2SC(=O)[C@@H](N)Cc2ccccc2)CCCCC1. The first-order chi connectivity index (χ1) is 14.3. The molecule has 1 aliphatic carbocycles. The smallest absolute Gasteiger partial charge is 0.230 e.